The number of fused-ring (bicyclic) bond motifs is 6. The molecule has 0 spiro atoms. The van der Waals surface area contributed by atoms with Crippen LogP contribution in [0.2, 0.25) is 0 Å². The average Bonchev–Trinajstić information content (AvgIpc) is 3.53. The van der Waals surface area contributed by atoms with Gasteiger partial charge in [0.05, 0.1) is 5.69 Å². The third kappa shape index (κ3) is 5.28. The lowest BCUT2D eigenvalue weighted by atomic mass is 9.78. The van der Waals surface area contributed by atoms with Gasteiger partial charge in [-0.15, -0.1) is 0 Å². The van der Waals surface area contributed by atoms with Crippen molar-refractivity contribution in [2.75, 3.05) is 4.90 Å². The predicted molar refractivity (Wildman–Crippen MR) is 235 cm³/mol. The Morgan fingerprint density at radius 2 is 0.982 bits per heavy atom. The molecule has 0 heterocycles. The standard InChI is InChI=1S/C54H47N/c1-52(2)34-53(3,4)50-33-48-46(32-49(50)52)44-27-26-39(30-47(44)54(48,5)6)45-29-36-17-10-11-18-37(36)31-51(45)55(40-21-8-7-9-22-40)41-23-14-20-38(28-41)43-25-15-19-35-16-12-13-24-42(35)43/h7-33H,34H2,1-6H3. The van der Waals surface area contributed by atoms with Gasteiger partial charge in [-0.3, -0.25) is 0 Å². The molecule has 0 aromatic heterocycles. The fourth-order valence-corrected chi connectivity index (χ4v) is 10.3. The number of para-hydroxylation sites is 1. The molecule has 2 aliphatic rings. The maximum Gasteiger partial charge on any atom is 0.0546 e. The molecule has 0 saturated heterocycles. The molecule has 0 saturated carbocycles. The molecule has 0 aliphatic heterocycles. The van der Waals surface area contributed by atoms with Gasteiger partial charge in [-0.25, -0.2) is 0 Å². The van der Waals surface area contributed by atoms with E-state index >= 15 is 0 Å². The van der Waals surface area contributed by atoms with Crippen LogP contribution in [0, 0.1) is 0 Å². The molecule has 1 nitrogen and oxygen atoms in total. The zero-order valence-corrected chi connectivity index (χ0v) is 32.7. The first kappa shape index (κ1) is 33.6. The first-order chi connectivity index (χ1) is 26.5. The maximum absolute atomic E-state index is 2.57. The van der Waals surface area contributed by atoms with Gasteiger partial charge in [0.25, 0.3) is 0 Å². The van der Waals surface area contributed by atoms with Crippen molar-refractivity contribution in [1.82, 2.24) is 0 Å². The van der Waals surface area contributed by atoms with Crippen molar-refractivity contribution in [2.24, 2.45) is 0 Å². The van der Waals surface area contributed by atoms with Gasteiger partial charge in [-0.2, -0.15) is 0 Å². The number of hydrogen-bond donors (Lipinski definition) is 0. The minimum atomic E-state index is -0.124. The van der Waals surface area contributed by atoms with Gasteiger partial charge in [0, 0.05) is 22.4 Å². The molecule has 0 fully saturated rings. The molecular weight excluding hydrogens is 663 g/mol. The maximum atomic E-state index is 2.57. The van der Waals surface area contributed by atoms with Crippen LogP contribution >= 0.6 is 0 Å². The predicted octanol–water partition coefficient (Wildman–Crippen LogP) is 15.1. The lowest BCUT2D eigenvalue weighted by molar-refractivity contribution is 0.403. The highest BCUT2D eigenvalue weighted by molar-refractivity contribution is 6.01. The fourth-order valence-electron chi connectivity index (χ4n) is 10.3. The Bertz CT molecular complexity index is 2810. The third-order valence-corrected chi connectivity index (χ3v) is 12.8. The van der Waals surface area contributed by atoms with Crippen LogP contribution in [0.1, 0.15) is 70.2 Å². The van der Waals surface area contributed by atoms with Crippen molar-refractivity contribution < 1.29 is 0 Å². The van der Waals surface area contributed by atoms with Gasteiger partial charge in [-0.05, 0) is 137 Å². The van der Waals surface area contributed by atoms with Gasteiger partial charge < -0.3 is 4.90 Å². The molecule has 55 heavy (non-hydrogen) atoms. The second-order valence-electron chi connectivity index (χ2n) is 17.7. The molecular formula is C54H47N. The van der Waals surface area contributed by atoms with E-state index in [2.05, 4.69) is 210 Å². The van der Waals surface area contributed by atoms with Crippen molar-refractivity contribution in [3.63, 3.8) is 0 Å². The Hall–Kier alpha value is -5.92. The summed E-state index contributed by atoms with van der Waals surface area (Å²) in [6.07, 6.45) is 1.18. The summed E-state index contributed by atoms with van der Waals surface area (Å²) in [6.45, 7) is 14.6. The zero-order chi connectivity index (χ0) is 37.7. The number of benzene rings is 8. The molecule has 10 rings (SSSR count). The smallest absolute Gasteiger partial charge is 0.0546 e. The minimum Gasteiger partial charge on any atom is -0.310 e. The van der Waals surface area contributed by atoms with Crippen molar-refractivity contribution in [3.05, 3.63) is 186 Å². The lowest BCUT2D eigenvalue weighted by Gasteiger charge is -2.29. The van der Waals surface area contributed by atoms with Crippen LogP contribution < -0.4 is 4.90 Å². The van der Waals surface area contributed by atoms with E-state index < -0.39 is 0 Å². The van der Waals surface area contributed by atoms with Crippen LogP contribution in [0.25, 0.3) is 54.9 Å². The summed E-state index contributed by atoms with van der Waals surface area (Å²) in [4.78, 5) is 2.46. The second kappa shape index (κ2) is 12.0. The molecule has 268 valence electrons. The average molecular weight is 710 g/mol. The number of hydrogen-bond acceptors (Lipinski definition) is 1. The van der Waals surface area contributed by atoms with Crippen molar-refractivity contribution in [1.29, 1.82) is 0 Å². The minimum absolute atomic E-state index is 0.124. The second-order valence-corrected chi connectivity index (χ2v) is 17.7. The van der Waals surface area contributed by atoms with E-state index in [9.17, 15) is 0 Å². The Morgan fingerprint density at radius 1 is 0.382 bits per heavy atom. The monoisotopic (exact) mass is 709 g/mol. The third-order valence-electron chi connectivity index (χ3n) is 12.8. The summed E-state index contributed by atoms with van der Waals surface area (Å²) < 4.78 is 0. The fraction of sp³-hybridized carbons (Fsp3) is 0.185. The van der Waals surface area contributed by atoms with Crippen LogP contribution in [0.5, 0.6) is 0 Å². The molecule has 2 aliphatic carbocycles. The summed E-state index contributed by atoms with van der Waals surface area (Å²) in [7, 11) is 0. The van der Waals surface area contributed by atoms with Crippen LogP contribution in [-0.4, -0.2) is 0 Å². The van der Waals surface area contributed by atoms with Crippen LogP contribution in [-0.2, 0) is 16.2 Å². The van der Waals surface area contributed by atoms with Crippen molar-refractivity contribution >= 4 is 38.6 Å². The normalized spacial score (nSPS) is 15.8. The zero-order valence-electron chi connectivity index (χ0n) is 32.7. The molecule has 1 heteroatoms. The lowest BCUT2D eigenvalue weighted by Crippen LogP contribution is -2.18. The Balaban J connectivity index is 1.18. The molecule has 8 aromatic carbocycles. The quantitative estimate of drug-likeness (QED) is 0.172. The van der Waals surface area contributed by atoms with Gasteiger partial charge in [0.2, 0.25) is 0 Å². The van der Waals surface area contributed by atoms with Crippen molar-refractivity contribution in [2.45, 2.75) is 64.2 Å². The first-order valence-corrected chi connectivity index (χ1v) is 19.8. The SMILES string of the molecule is CC1(C)CC(C)(C)c2cc3c(cc21)-c1ccc(-c2cc4ccccc4cc2N(c2ccccc2)c2cccc(-c4cccc5ccccc45)c2)cc1C3(C)C. The van der Waals surface area contributed by atoms with Crippen molar-refractivity contribution in [3.8, 4) is 33.4 Å². The summed E-state index contributed by atoms with van der Waals surface area (Å²) in [6, 6.07) is 61.2. The molecule has 8 aromatic rings. The highest BCUT2D eigenvalue weighted by Crippen LogP contribution is 2.57. The van der Waals surface area contributed by atoms with Crippen LogP contribution in [0.15, 0.2) is 164 Å². The summed E-state index contributed by atoms with van der Waals surface area (Å²) >= 11 is 0. The number of rotatable bonds is 5. The largest absolute Gasteiger partial charge is 0.310 e. The Labute approximate surface area is 325 Å². The molecule has 0 bridgehead atoms. The van der Waals surface area contributed by atoms with Crippen LogP contribution in [0.3, 0.4) is 0 Å². The Kier molecular flexibility index (Phi) is 7.36. The van der Waals surface area contributed by atoms with E-state index in [0.29, 0.717) is 0 Å². The highest BCUT2D eigenvalue weighted by atomic mass is 15.1. The molecule has 0 amide bonds. The topological polar surface area (TPSA) is 3.24 Å². The van der Waals surface area contributed by atoms with E-state index in [1.54, 1.807) is 0 Å². The Morgan fingerprint density at radius 3 is 1.76 bits per heavy atom. The highest BCUT2D eigenvalue weighted by Gasteiger charge is 2.45. The van der Waals surface area contributed by atoms with Gasteiger partial charge in [0.1, 0.15) is 0 Å². The summed E-state index contributed by atoms with van der Waals surface area (Å²) in [5.41, 5.74) is 17.2. The summed E-state index contributed by atoms with van der Waals surface area (Å²) in [5, 5.41) is 4.98. The summed E-state index contributed by atoms with van der Waals surface area (Å²) in [5.74, 6) is 0. The first-order valence-electron chi connectivity index (χ1n) is 19.8. The van der Waals surface area contributed by atoms with Gasteiger partial charge in [-0.1, -0.05) is 157 Å². The van der Waals surface area contributed by atoms with Crippen LogP contribution in [0.4, 0.5) is 17.1 Å². The van der Waals surface area contributed by atoms with Gasteiger partial charge in [0.15, 0.2) is 0 Å². The molecule has 0 unspecified atom stereocenters. The number of nitrogens with zero attached hydrogens (tertiary/aromatic N) is 1. The van der Waals surface area contributed by atoms with E-state index in [0.717, 1.165) is 17.1 Å². The molecule has 0 radical (unpaired) electrons. The van der Waals surface area contributed by atoms with E-state index in [1.807, 2.05) is 0 Å². The van der Waals surface area contributed by atoms with E-state index in [1.165, 1.54) is 83.6 Å². The molecule has 0 N–H and O–H groups in total. The molecule has 0 atom stereocenters. The van der Waals surface area contributed by atoms with E-state index in [4.69, 9.17) is 0 Å². The van der Waals surface area contributed by atoms with Gasteiger partial charge >= 0.3 is 0 Å². The number of anilines is 3. The van der Waals surface area contributed by atoms with E-state index in [-0.39, 0.29) is 16.2 Å².